The van der Waals surface area contributed by atoms with Crippen molar-refractivity contribution < 1.29 is 9.53 Å². The highest BCUT2D eigenvalue weighted by Gasteiger charge is 2.18. The van der Waals surface area contributed by atoms with E-state index in [0.29, 0.717) is 13.0 Å². The second-order valence-electron chi connectivity index (χ2n) is 2.92. The fourth-order valence-corrected chi connectivity index (χ4v) is 1.10. The first-order chi connectivity index (χ1) is 5.18. The van der Waals surface area contributed by atoms with E-state index in [0.717, 1.165) is 6.54 Å². The maximum absolute atomic E-state index is 10.5. The minimum absolute atomic E-state index is 0.115. The Morgan fingerprint density at radius 3 is 3.00 bits per heavy atom. The predicted molar refractivity (Wildman–Crippen MR) is 41.0 cm³/mol. The van der Waals surface area contributed by atoms with Crippen molar-refractivity contribution in [2.75, 3.05) is 13.2 Å². The van der Waals surface area contributed by atoms with Gasteiger partial charge in [-0.3, -0.25) is 4.79 Å². The van der Waals surface area contributed by atoms with Crippen molar-refractivity contribution in [3.8, 4) is 0 Å². The maximum Gasteiger partial charge on any atom is 0.219 e. The largest absolute Gasteiger partial charge is 0.376 e. The lowest BCUT2D eigenvalue weighted by atomic mass is 10.2. The van der Waals surface area contributed by atoms with E-state index < -0.39 is 0 Å². The number of carbonyl (C=O) groups is 1. The van der Waals surface area contributed by atoms with Crippen molar-refractivity contribution in [1.82, 2.24) is 5.32 Å². The number of morpholine rings is 1. The molecule has 1 saturated heterocycles. The summed E-state index contributed by atoms with van der Waals surface area (Å²) in [4.78, 5) is 10.5. The SMILES string of the molecule is CC1CNC(CC(N)=O)CO1. The molecule has 0 aromatic heterocycles. The minimum Gasteiger partial charge on any atom is -0.376 e. The second kappa shape index (κ2) is 3.69. The van der Waals surface area contributed by atoms with Crippen LogP contribution in [-0.4, -0.2) is 31.2 Å². The van der Waals surface area contributed by atoms with Gasteiger partial charge >= 0.3 is 0 Å². The number of nitrogens with two attached hydrogens (primary N) is 1. The summed E-state index contributed by atoms with van der Waals surface area (Å²) < 4.78 is 5.32. The van der Waals surface area contributed by atoms with Crippen molar-refractivity contribution in [2.45, 2.75) is 25.5 Å². The standard InChI is InChI=1S/C7H14N2O2/c1-5-3-9-6(4-11-5)2-7(8)10/h5-6,9H,2-4H2,1H3,(H2,8,10). The fraction of sp³-hybridized carbons (Fsp3) is 0.857. The van der Waals surface area contributed by atoms with E-state index in [1.165, 1.54) is 0 Å². The predicted octanol–water partition coefficient (Wildman–Crippen LogP) is -0.761. The summed E-state index contributed by atoms with van der Waals surface area (Å²) in [5.41, 5.74) is 5.02. The molecular weight excluding hydrogens is 144 g/mol. The van der Waals surface area contributed by atoms with Crippen LogP contribution in [0.4, 0.5) is 0 Å². The van der Waals surface area contributed by atoms with Crippen molar-refractivity contribution in [2.24, 2.45) is 5.73 Å². The van der Waals surface area contributed by atoms with Crippen LogP contribution in [0.25, 0.3) is 0 Å². The van der Waals surface area contributed by atoms with Crippen LogP contribution < -0.4 is 11.1 Å². The number of carbonyl (C=O) groups excluding carboxylic acids is 1. The van der Waals surface area contributed by atoms with E-state index in [1.807, 2.05) is 6.92 Å². The molecule has 64 valence electrons. The number of amides is 1. The molecular formula is C7H14N2O2. The van der Waals surface area contributed by atoms with E-state index >= 15 is 0 Å². The topological polar surface area (TPSA) is 64.3 Å². The zero-order chi connectivity index (χ0) is 8.27. The third-order valence-electron chi connectivity index (χ3n) is 1.72. The summed E-state index contributed by atoms with van der Waals surface area (Å²) in [6.45, 7) is 3.38. The highest BCUT2D eigenvalue weighted by atomic mass is 16.5. The van der Waals surface area contributed by atoms with Crippen LogP contribution in [0.2, 0.25) is 0 Å². The van der Waals surface area contributed by atoms with Gasteiger partial charge in [-0.15, -0.1) is 0 Å². The fourth-order valence-electron chi connectivity index (χ4n) is 1.10. The van der Waals surface area contributed by atoms with E-state index in [2.05, 4.69) is 5.32 Å². The normalized spacial score (nSPS) is 31.7. The molecule has 1 fully saturated rings. The van der Waals surface area contributed by atoms with Gasteiger partial charge in [-0.2, -0.15) is 0 Å². The molecule has 4 nitrogen and oxygen atoms in total. The van der Waals surface area contributed by atoms with Crippen LogP contribution in [0.1, 0.15) is 13.3 Å². The molecule has 0 radical (unpaired) electrons. The van der Waals surface area contributed by atoms with E-state index in [1.54, 1.807) is 0 Å². The van der Waals surface area contributed by atoms with Gasteiger partial charge in [0.15, 0.2) is 0 Å². The quantitative estimate of drug-likeness (QED) is 0.555. The van der Waals surface area contributed by atoms with Crippen LogP contribution in [0.3, 0.4) is 0 Å². The molecule has 2 unspecified atom stereocenters. The van der Waals surface area contributed by atoms with Crippen LogP contribution >= 0.6 is 0 Å². The van der Waals surface area contributed by atoms with Crippen molar-refractivity contribution in [3.05, 3.63) is 0 Å². The Morgan fingerprint density at radius 2 is 2.55 bits per heavy atom. The van der Waals surface area contributed by atoms with Crippen LogP contribution in [0.15, 0.2) is 0 Å². The van der Waals surface area contributed by atoms with Crippen LogP contribution in [0, 0.1) is 0 Å². The molecule has 0 saturated carbocycles. The Morgan fingerprint density at radius 1 is 1.82 bits per heavy atom. The first-order valence-electron chi connectivity index (χ1n) is 3.82. The van der Waals surface area contributed by atoms with Gasteiger partial charge in [0.2, 0.25) is 5.91 Å². The van der Waals surface area contributed by atoms with E-state index in [-0.39, 0.29) is 18.1 Å². The number of hydrogen-bond acceptors (Lipinski definition) is 3. The van der Waals surface area contributed by atoms with E-state index in [4.69, 9.17) is 10.5 Å². The number of ether oxygens (including phenoxy) is 1. The van der Waals surface area contributed by atoms with Gasteiger partial charge in [-0.05, 0) is 6.92 Å². The molecule has 1 aliphatic heterocycles. The number of nitrogens with one attached hydrogen (secondary N) is 1. The van der Waals surface area contributed by atoms with Crippen molar-refractivity contribution in [1.29, 1.82) is 0 Å². The molecule has 0 spiro atoms. The maximum atomic E-state index is 10.5. The molecule has 0 aromatic rings. The first kappa shape index (κ1) is 8.49. The highest BCUT2D eigenvalue weighted by Crippen LogP contribution is 2.02. The van der Waals surface area contributed by atoms with Crippen molar-refractivity contribution >= 4 is 5.91 Å². The molecule has 3 N–H and O–H groups in total. The van der Waals surface area contributed by atoms with Gasteiger partial charge in [0, 0.05) is 19.0 Å². The average molecular weight is 158 g/mol. The van der Waals surface area contributed by atoms with E-state index in [9.17, 15) is 4.79 Å². The lowest BCUT2D eigenvalue weighted by molar-refractivity contribution is -0.119. The third-order valence-corrected chi connectivity index (χ3v) is 1.72. The minimum atomic E-state index is -0.277. The van der Waals surface area contributed by atoms with Gasteiger partial charge < -0.3 is 15.8 Å². The molecule has 0 bridgehead atoms. The van der Waals surface area contributed by atoms with Crippen LogP contribution in [0.5, 0.6) is 0 Å². The summed E-state index contributed by atoms with van der Waals surface area (Å²) in [5, 5.41) is 3.17. The van der Waals surface area contributed by atoms with Gasteiger partial charge in [-0.1, -0.05) is 0 Å². The Kier molecular flexibility index (Phi) is 2.84. The molecule has 1 aliphatic rings. The Labute approximate surface area is 66.1 Å². The molecule has 11 heavy (non-hydrogen) atoms. The Hall–Kier alpha value is -0.610. The molecule has 2 atom stereocenters. The van der Waals surface area contributed by atoms with Gasteiger partial charge in [-0.25, -0.2) is 0 Å². The lowest BCUT2D eigenvalue weighted by Gasteiger charge is -2.27. The third kappa shape index (κ3) is 2.86. The first-order valence-corrected chi connectivity index (χ1v) is 3.82. The number of hydrogen-bond donors (Lipinski definition) is 2. The average Bonchev–Trinajstić information content (AvgIpc) is 1.93. The van der Waals surface area contributed by atoms with Gasteiger partial charge in [0.05, 0.1) is 12.7 Å². The number of rotatable bonds is 2. The Balaban J connectivity index is 2.22. The lowest BCUT2D eigenvalue weighted by Crippen LogP contribution is -2.46. The molecule has 0 aromatic carbocycles. The van der Waals surface area contributed by atoms with Gasteiger partial charge in [0.25, 0.3) is 0 Å². The highest BCUT2D eigenvalue weighted by molar-refractivity contribution is 5.74. The monoisotopic (exact) mass is 158 g/mol. The molecule has 1 amide bonds. The molecule has 1 heterocycles. The summed E-state index contributed by atoms with van der Waals surface area (Å²) in [5.74, 6) is -0.277. The summed E-state index contributed by atoms with van der Waals surface area (Å²) >= 11 is 0. The molecule has 4 heteroatoms. The second-order valence-corrected chi connectivity index (χ2v) is 2.92. The molecule has 1 rings (SSSR count). The molecule has 0 aliphatic carbocycles. The summed E-state index contributed by atoms with van der Waals surface area (Å²) in [6, 6.07) is 0.115. The summed E-state index contributed by atoms with van der Waals surface area (Å²) in [6.07, 6.45) is 0.617. The zero-order valence-electron chi connectivity index (χ0n) is 6.67. The Bertz CT molecular complexity index is 141. The van der Waals surface area contributed by atoms with Gasteiger partial charge in [0.1, 0.15) is 0 Å². The van der Waals surface area contributed by atoms with Crippen LogP contribution in [-0.2, 0) is 9.53 Å². The number of primary amides is 1. The summed E-state index contributed by atoms with van der Waals surface area (Å²) in [7, 11) is 0. The zero-order valence-corrected chi connectivity index (χ0v) is 6.67. The van der Waals surface area contributed by atoms with Crippen molar-refractivity contribution in [3.63, 3.8) is 0 Å². The smallest absolute Gasteiger partial charge is 0.219 e.